The fraction of sp³-hybridized carbons (Fsp3) is 0. The Hall–Kier alpha value is 0.511. The molecule has 0 heterocycles. The molecule has 0 aliphatic heterocycles. The first kappa shape index (κ1) is 10.5. The van der Waals surface area contributed by atoms with Gasteiger partial charge in [-0.05, 0) is 0 Å². The molecule has 0 saturated carbocycles. The number of rotatable bonds is 0. The van der Waals surface area contributed by atoms with Gasteiger partial charge in [-0.15, -0.1) is 0 Å². The van der Waals surface area contributed by atoms with Crippen LogP contribution in [0.4, 0.5) is 0 Å². The zero-order chi connectivity index (χ0) is 5.15. The second-order valence-corrected chi connectivity index (χ2v) is 0.593. The van der Waals surface area contributed by atoms with Gasteiger partial charge in [0, 0.05) is 0 Å². The zero-order valence-corrected chi connectivity index (χ0v) is 7.82. The van der Waals surface area contributed by atoms with Gasteiger partial charge in [-0.25, -0.2) is 4.79 Å². The van der Waals surface area contributed by atoms with Crippen LogP contribution >= 0.6 is 0 Å². The van der Waals surface area contributed by atoms with Gasteiger partial charge in [0.05, 0.1) is 0 Å². The fourth-order valence-corrected chi connectivity index (χ4v) is 0. The molecule has 0 fully saturated rings. The van der Waals surface area contributed by atoms with Gasteiger partial charge in [0.2, 0.25) is 0 Å². The van der Waals surface area contributed by atoms with Crippen LogP contribution in [0.3, 0.4) is 0 Å². The topological polar surface area (TPSA) is 77.4 Å². The van der Waals surface area contributed by atoms with Crippen molar-refractivity contribution in [1.82, 2.24) is 0 Å². The first-order valence-corrected chi connectivity index (χ1v) is 1.09. The van der Waals surface area contributed by atoms with Gasteiger partial charge in [-0.1, -0.05) is 0 Å². The van der Waals surface area contributed by atoms with Crippen LogP contribution in [0.5, 0.6) is 0 Å². The molecule has 0 saturated heterocycles. The molecule has 7 heavy (non-hydrogen) atoms. The third kappa shape index (κ3) is 6.51. The fourth-order valence-electron chi connectivity index (χ4n) is 0. The zero-order valence-electron chi connectivity index (χ0n) is 6.38. The molecule has 0 aliphatic carbocycles. The summed E-state index contributed by atoms with van der Waals surface area (Å²) < 4.78 is 0. The summed E-state index contributed by atoms with van der Waals surface area (Å²) in [7, 11) is 0. The largest absolute Gasteiger partial charge is 2.00 e. The van der Waals surface area contributed by atoms with Gasteiger partial charge < -0.3 is 17.9 Å². The van der Waals surface area contributed by atoms with Crippen molar-refractivity contribution in [3.05, 3.63) is 0 Å². The number of hydrogen-bond donors (Lipinski definition) is 1. The third-order valence-corrected chi connectivity index (χ3v) is 0.175. The number of hydrogen-bond acceptors (Lipinski definition) is 3. The van der Waals surface area contributed by atoms with Crippen LogP contribution in [-0.4, -0.2) is 65.9 Å². The monoisotopic (exact) mass is 230 g/mol. The van der Waals surface area contributed by atoms with E-state index in [4.69, 9.17) is 19.8 Å². The predicted molar refractivity (Wildman–Crippen MR) is 21.7 cm³/mol. The Morgan fingerprint density at radius 2 is 1.86 bits per heavy atom. The summed E-state index contributed by atoms with van der Waals surface area (Å²) in [5.41, 5.74) is 0. The van der Waals surface area contributed by atoms with Crippen molar-refractivity contribution in [2.24, 2.45) is 0 Å². The smallest absolute Gasteiger partial charge is 1.00 e. The van der Waals surface area contributed by atoms with Crippen molar-refractivity contribution < 1.29 is 24.1 Å². The van der Waals surface area contributed by atoms with Crippen LogP contribution in [0.1, 0.15) is 4.28 Å². The second kappa shape index (κ2) is 4.67. The van der Waals surface area contributed by atoms with Crippen LogP contribution in [-0.2, 0) is 9.59 Å². The van der Waals surface area contributed by atoms with Crippen LogP contribution < -0.4 is 5.11 Å². The van der Waals surface area contributed by atoms with E-state index in [0.29, 0.717) is 0 Å². The third-order valence-electron chi connectivity index (χ3n) is 0.175. The SMILES string of the molecule is O=C([O-])C(=O)O.[Ba+2].[H+].[H-].[H-]. The molecule has 0 atom stereocenters. The molecule has 0 aromatic carbocycles. The maximum Gasteiger partial charge on any atom is 2.00 e. The van der Waals surface area contributed by atoms with Crippen molar-refractivity contribution in [3.63, 3.8) is 0 Å². The number of carbonyl (C=O) groups excluding carboxylic acids is 1. The molecule has 0 bridgehead atoms. The second-order valence-electron chi connectivity index (χ2n) is 0.593. The Morgan fingerprint density at radius 3 is 1.86 bits per heavy atom. The van der Waals surface area contributed by atoms with Crippen LogP contribution in [0.2, 0.25) is 0 Å². The number of aliphatic carboxylic acids is 2. The molecule has 0 spiro atoms. The molecule has 1 N–H and O–H groups in total. The maximum absolute atomic E-state index is 9.04. The Balaban J connectivity index is -0.0000000208. The summed E-state index contributed by atoms with van der Waals surface area (Å²) in [5.74, 6) is -4.01. The van der Waals surface area contributed by atoms with E-state index < -0.39 is 11.9 Å². The van der Waals surface area contributed by atoms with E-state index >= 15 is 0 Å². The molecule has 4 nitrogen and oxygen atoms in total. The Morgan fingerprint density at radius 1 is 1.71 bits per heavy atom. The average Bonchev–Trinajstić information content (AvgIpc) is 1.36. The molecule has 38 valence electrons. The van der Waals surface area contributed by atoms with Crippen molar-refractivity contribution in [2.75, 3.05) is 0 Å². The first-order valence-electron chi connectivity index (χ1n) is 1.09. The van der Waals surface area contributed by atoms with E-state index in [-0.39, 0.29) is 53.2 Å². The number of carboxylic acid groups (broad SMARTS) is 2. The summed E-state index contributed by atoms with van der Waals surface area (Å²) >= 11 is 0. The van der Waals surface area contributed by atoms with Crippen molar-refractivity contribution >= 4 is 60.8 Å². The van der Waals surface area contributed by atoms with Crippen LogP contribution in [0.25, 0.3) is 0 Å². The summed E-state index contributed by atoms with van der Waals surface area (Å²) in [6, 6.07) is 0. The van der Waals surface area contributed by atoms with E-state index in [9.17, 15) is 0 Å². The van der Waals surface area contributed by atoms with Crippen molar-refractivity contribution in [3.8, 4) is 0 Å². The Bertz CT molecular complexity index is 84.5. The molecule has 0 aliphatic rings. The molecule has 0 aromatic heterocycles. The van der Waals surface area contributed by atoms with E-state index in [1.165, 1.54) is 0 Å². The minimum absolute atomic E-state index is 0. The molecule has 0 rings (SSSR count). The average molecular weight is 229 g/mol. The van der Waals surface area contributed by atoms with Gasteiger partial charge in [0.15, 0.2) is 5.97 Å². The molecule has 0 unspecified atom stereocenters. The Kier molecular flexibility index (Phi) is 6.99. The number of carboxylic acids is 2. The van der Waals surface area contributed by atoms with Crippen LogP contribution in [0, 0.1) is 0 Å². The van der Waals surface area contributed by atoms with Gasteiger partial charge in [-0.2, -0.15) is 0 Å². The molecular formula is C2H4BaO4. The van der Waals surface area contributed by atoms with Crippen molar-refractivity contribution in [2.45, 2.75) is 0 Å². The minimum Gasteiger partial charge on any atom is -1.00 e. The summed E-state index contributed by atoms with van der Waals surface area (Å²) in [4.78, 5) is 18.0. The molecule has 0 radical (unpaired) electrons. The van der Waals surface area contributed by atoms with E-state index in [2.05, 4.69) is 0 Å². The minimum atomic E-state index is -2.07. The van der Waals surface area contributed by atoms with Gasteiger partial charge in [-0.3, -0.25) is 0 Å². The predicted octanol–water partition coefficient (Wildman–Crippen LogP) is -2.22. The normalized spacial score (nSPS) is 6.29. The quantitative estimate of drug-likeness (QED) is 0.377. The van der Waals surface area contributed by atoms with Gasteiger partial charge >= 0.3 is 56.3 Å². The van der Waals surface area contributed by atoms with Gasteiger partial charge in [0.25, 0.3) is 0 Å². The Labute approximate surface area is 84.0 Å². The summed E-state index contributed by atoms with van der Waals surface area (Å²) in [6.45, 7) is 0. The molecule has 0 aromatic rings. The van der Waals surface area contributed by atoms with Crippen molar-refractivity contribution in [1.29, 1.82) is 0 Å². The summed E-state index contributed by atoms with van der Waals surface area (Å²) in [6.07, 6.45) is 0. The van der Waals surface area contributed by atoms with E-state index in [1.54, 1.807) is 0 Å². The standard InChI is InChI=1S/C2H2O4.Ba.2H/c3-1(4)2(5)6;;;/h(H,3,4)(H,5,6);;;/q;+2;2*-1. The first-order chi connectivity index (χ1) is 2.64. The maximum atomic E-state index is 9.04. The van der Waals surface area contributed by atoms with E-state index in [1.807, 2.05) is 0 Å². The van der Waals surface area contributed by atoms with Crippen LogP contribution in [0.15, 0.2) is 0 Å². The van der Waals surface area contributed by atoms with Gasteiger partial charge in [0.1, 0.15) is 0 Å². The summed E-state index contributed by atoms with van der Waals surface area (Å²) in [5, 5.41) is 16.3. The molecule has 5 heteroatoms. The number of carbonyl (C=O) groups is 2. The molecular weight excluding hydrogens is 225 g/mol. The van der Waals surface area contributed by atoms with E-state index in [0.717, 1.165) is 0 Å². The molecule has 0 amide bonds.